The van der Waals surface area contributed by atoms with Gasteiger partial charge in [0.05, 0.1) is 25.9 Å². The molecule has 0 radical (unpaired) electrons. The quantitative estimate of drug-likeness (QED) is 0.424. The summed E-state index contributed by atoms with van der Waals surface area (Å²) in [5, 5.41) is 44.1. The van der Waals surface area contributed by atoms with Crippen LogP contribution in [0, 0.1) is 11.3 Å². The summed E-state index contributed by atoms with van der Waals surface area (Å²) in [6.45, 7) is 5.48. The zero-order valence-electron chi connectivity index (χ0n) is 12.5. The summed E-state index contributed by atoms with van der Waals surface area (Å²) >= 11 is 0. The Labute approximate surface area is 116 Å². The smallest absolute Gasteiger partial charge is 0.0590 e. The Balaban J connectivity index is 0. The number of rotatable bonds is 9. The maximum absolute atomic E-state index is 9.35. The van der Waals surface area contributed by atoms with Gasteiger partial charge in [0, 0.05) is 17.9 Å². The van der Waals surface area contributed by atoms with Gasteiger partial charge in [-0.15, -0.1) is 0 Å². The van der Waals surface area contributed by atoms with E-state index in [1.165, 1.54) is 0 Å². The van der Waals surface area contributed by atoms with Crippen LogP contribution in [0.3, 0.4) is 0 Å². The molecule has 5 nitrogen and oxygen atoms in total. The Hall–Kier alpha value is -0.200. The molecular weight excluding hydrogens is 248 g/mol. The molecule has 0 heterocycles. The van der Waals surface area contributed by atoms with Gasteiger partial charge in [-0.25, -0.2) is 0 Å². The molecule has 0 spiro atoms. The molecule has 5 heteroatoms. The first-order valence-electron chi connectivity index (χ1n) is 7.12. The standard InChI is InChI=1S/C8H18O2.C6H14O3/c1-3-5-8(10)7(4-2)6-9;1-2-6(3-7,4-8)5-9/h7-10H,3-6H2,1-2H3;7-9H,2-5H2,1H3. The van der Waals surface area contributed by atoms with Crippen LogP contribution in [0.25, 0.3) is 0 Å². The molecule has 0 aliphatic rings. The van der Waals surface area contributed by atoms with Gasteiger partial charge in [-0.3, -0.25) is 0 Å². The Morgan fingerprint density at radius 3 is 1.53 bits per heavy atom. The van der Waals surface area contributed by atoms with Crippen LogP contribution in [0.5, 0.6) is 0 Å². The third-order valence-electron chi connectivity index (χ3n) is 3.64. The summed E-state index contributed by atoms with van der Waals surface area (Å²) in [5.74, 6) is 0.0833. The van der Waals surface area contributed by atoms with Crippen molar-refractivity contribution in [3.05, 3.63) is 0 Å². The van der Waals surface area contributed by atoms with Crippen LogP contribution >= 0.6 is 0 Å². The van der Waals surface area contributed by atoms with Crippen molar-refractivity contribution in [1.82, 2.24) is 0 Å². The maximum Gasteiger partial charge on any atom is 0.0590 e. The highest BCUT2D eigenvalue weighted by molar-refractivity contribution is 4.74. The molecule has 0 saturated heterocycles. The van der Waals surface area contributed by atoms with Gasteiger partial charge in [-0.05, 0) is 19.3 Å². The molecule has 118 valence electrons. The van der Waals surface area contributed by atoms with Crippen molar-refractivity contribution in [2.45, 2.75) is 52.6 Å². The molecule has 2 unspecified atom stereocenters. The minimum atomic E-state index is -0.667. The van der Waals surface area contributed by atoms with Crippen molar-refractivity contribution < 1.29 is 25.5 Å². The molecule has 0 amide bonds. The first-order chi connectivity index (χ1) is 9.00. The molecule has 0 bridgehead atoms. The molecule has 0 aliphatic carbocycles. The van der Waals surface area contributed by atoms with Gasteiger partial charge in [0.2, 0.25) is 0 Å². The van der Waals surface area contributed by atoms with E-state index in [4.69, 9.17) is 20.4 Å². The van der Waals surface area contributed by atoms with Gasteiger partial charge in [-0.2, -0.15) is 0 Å². The Morgan fingerprint density at radius 2 is 1.37 bits per heavy atom. The molecule has 0 aliphatic heterocycles. The molecule has 0 aromatic rings. The predicted molar refractivity (Wildman–Crippen MR) is 75.8 cm³/mol. The van der Waals surface area contributed by atoms with E-state index in [9.17, 15) is 5.11 Å². The third-order valence-corrected chi connectivity index (χ3v) is 3.64. The molecule has 0 fully saturated rings. The van der Waals surface area contributed by atoms with E-state index in [0.29, 0.717) is 6.42 Å². The normalized spacial score (nSPS) is 14.5. The van der Waals surface area contributed by atoms with E-state index >= 15 is 0 Å². The minimum Gasteiger partial charge on any atom is -0.396 e. The largest absolute Gasteiger partial charge is 0.396 e. The molecule has 5 N–H and O–H groups in total. The average molecular weight is 280 g/mol. The van der Waals surface area contributed by atoms with E-state index in [1.807, 2.05) is 20.8 Å². The number of aliphatic hydroxyl groups is 5. The zero-order valence-corrected chi connectivity index (χ0v) is 12.5. The van der Waals surface area contributed by atoms with Crippen molar-refractivity contribution in [1.29, 1.82) is 0 Å². The molecule has 19 heavy (non-hydrogen) atoms. The molecule has 0 rings (SSSR count). The van der Waals surface area contributed by atoms with E-state index < -0.39 is 5.41 Å². The number of hydrogen-bond donors (Lipinski definition) is 5. The Bertz CT molecular complexity index is 161. The van der Waals surface area contributed by atoms with Crippen molar-refractivity contribution in [2.24, 2.45) is 11.3 Å². The van der Waals surface area contributed by atoms with Crippen molar-refractivity contribution >= 4 is 0 Å². The van der Waals surface area contributed by atoms with Crippen LogP contribution in [0.2, 0.25) is 0 Å². The fraction of sp³-hybridized carbons (Fsp3) is 1.00. The summed E-state index contributed by atoms with van der Waals surface area (Å²) in [6, 6.07) is 0. The fourth-order valence-corrected chi connectivity index (χ4v) is 1.54. The summed E-state index contributed by atoms with van der Waals surface area (Å²) in [6.07, 6.45) is 2.94. The fourth-order valence-electron chi connectivity index (χ4n) is 1.54. The summed E-state index contributed by atoms with van der Waals surface area (Å²) < 4.78 is 0. The lowest BCUT2D eigenvalue weighted by atomic mass is 9.88. The van der Waals surface area contributed by atoms with Crippen LogP contribution < -0.4 is 0 Å². The van der Waals surface area contributed by atoms with Gasteiger partial charge in [-0.1, -0.05) is 27.2 Å². The Morgan fingerprint density at radius 1 is 0.895 bits per heavy atom. The lowest BCUT2D eigenvalue weighted by molar-refractivity contribution is 0.00304. The highest BCUT2D eigenvalue weighted by Crippen LogP contribution is 2.18. The molecular formula is C14H32O5. The highest BCUT2D eigenvalue weighted by atomic mass is 16.3. The van der Waals surface area contributed by atoms with Crippen LogP contribution in [0.1, 0.15) is 46.5 Å². The second-order valence-electron chi connectivity index (χ2n) is 5.03. The first-order valence-corrected chi connectivity index (χ1v) is 7.12. The molecule has 0 saturated carbocycles. The second-order valence-corrected chi connectivity index (χ2v) is 5.03. The number of hydrogen-bond acceptors (Lipinski definition) is 5. The lowest BCUT2D eigenvalue weighted by Gasteiger charge is -2.24. The van der Waals surface area contributed by atoms with E-state index in [1.54, 1.807) is 0 Å². The highest BCUT2D eigenvalue weighted by Gasteiger charge is 2.24. The van der Waals surface area contributed by atoms with Crippen LogP contribution in [0.15, 0.2) is 0 Å². The first kappa shape index (κ1) is 21.1. The SMILES string of the molecule is CCC(CO)(CO)CO.CCCC(O)C(CC)CO. The zero-order chi connectivity index (χ0) is 15.3. The van der Waals surface area contributed by atoms with Gasteiger partial charge in [0.1, 0.15) is 0 Å². The van der Waals surface area contributed by atoms with Crippen molar-refractivity contribution in [2.75, 3.05) is 26.4 Å². The lowest BCUT2D eigenvalue weighted by Crippen LogP contribution is -2.32. The number of aliphatic hydroxyl groups excluding tert-OH is 5. The second kappa shape index (κ2) is 12.8. The molecule has 0 aromatic carbocycles. The van der Waals surface area contributed by atoms with Crippen molar-refractivity contribution in [3.63, 3.8) is 0 Å². The topological polar surface area (TPSA) is 101 Å². The van der Waals surface area contributed by atoms with Gasteiger partial charge in [0.15, 0.2) is 0 Å². The van der Waals surface area contributed by atoms with Crippen LogP contribution in [0.4, 0.5) is 0 Å². The van der Waals surface area contributed by atoms with Gasteiger partial charge in [0.25, 0.3) is 0 Å². The van der Waals surface area contributed by atoms with E-state index in [0.717, 1.165) is 19.3 Å². The summed E-state index contributed by atoms with van der Waals surface area (Å²) in [4.78, 5) is 0. The molecule has 2 atom stereocenters. The minimum absolute atomic E-state index is 0.0833. The Kier molecular flexibility index (Phi) is 14.2. The maximum atomic E-state index is 9.35. The van der Waals surface area contributed by atoms with Gasteiger partial charge >= 0.3 is 0 Å². The average Bonchev–Trinajstić information content (AvgIpc) is 2.44. The van der Waals surface area contributed by atoms with Crippen molar-refractivity contribution in [3.8, 4) is 0 Å². The van der Waals surface area contributed by atoms with Crippen LogP contribution in [-0.4, -0.2) is 58.1 Å². The van der Waals surface area contributed by atoms with Gasteiger partial charge < -0.3 is 25.5 Å². The predicted octanol–water partition coefficient (Wildman–Crippen LogP) is 0.526. The summed E-state index contributed by atoms with van der Waals surface area (Å²) in [7, 11) is 0. The third kappa shape index (κ3) is 8.55. The van der Waals surface area contributed by atoms with E-state index in [2.05, 4.69) is 0 Å². The van der Waals surface area contributed by atoms with E-state index in [-0.39, 0.29) is 38.4 Å². The molecule has 0 aromatic heterocycles. The monoisotopic (exact) mass is 280 g/mol. The van der Waals surface area contributed by atoms with Crippen LogP contribution in [-0.2, 0) is 0 Å². The summed E-state index contributed by atoms with van der Waals surface area (Å²) in [5.41, 5.74) is -0.667.